The molecular formula is C23H23NO3S2. The summed E-state index contributed by atoms with van der Waals surface area (Å²) in [5.41, 5.74) is 2.69. The molecule has 0 amide bonds. The van der Waals surface area contributed by atoms with Crippen LogP contribution < -0.4 is 4.74 Å². The topological polar surface area (TPSA) is 46.6 Å². The zero-order chi connectivity index (χ0) is 20.9. The molecule has 6 heteroatoms. The van der Waals surface area contributed by atoms with Gasteiger partial charge in [0.15, 0.2) is 0 Å². The Labute approximate surface area is 177 Å². The second kappa shape index (κ2) is 9.31. The number of nitrogens with zero attached hydrogens (tertiary/aromatic N) is 1. The summed E-state index contributed by atoms with van der Waals surface area (Å²) in [6.45, 7) is 2.35. The molecule has 0 aliphatic carbocycles. The summed E-state index contributed by atoms with van der Waals surface area (Å²) in [4.78, 5) is 0.966. The van der Waals surface area contributed by atoms with Gasteiger partial charge in [-0.25, -0.2) is 8.42 Å². The molecule has 0 heterocycles. The average Bonchev–Trinajstić information content (AvgIpc) is 2.74. The average molecular weight is 426 g/mol. The fraction of sp³-hybridized carbons (Fsp3) is 0.174. The molecule has 0 aromatic heterocycles. The van der Waals surface area contributed by atoms with Gasteiger partial charge in [-0.05, 0) is 47.9 Å². The Bertz CT molecular complexity index is 1080. The minimum absolute atomic E-state index is 0.228. The molecule has 0 aliphatic heterocycles. The van der Waals surface area contributed by atoms with Gasteiger partial charge < -0.3 is 4.74 Å². The lowest BCUT2D eigenvalue weighted by atomic mass is 10.1. The van der Waals surface area contributed by atoms with Crippen molar-refractivity contribution in [3.05, 3.63) is 95.6 Å². The molecule has 29 heavy (non-hydrogen) atoms. The van der Waals surface area contributed by atoms with Crippen LogP contribution in [-0.2, 0) is 23.1 Å². The van der Waals surface area contributed by atoms with Crippen LogP contribution in [0.4, 0.5) is 0 Å². The summed E-state index contributed by atoms with van der Waals surface area (Å²) >= 11 is 5.36. The highest BCUT2D eigenvalue weighted by molar-refractivity contribution is 7.89. The van der Waals surface area contributed by atoms with Crippen molar-refractivity contribution in [2.24, 2.45) is 0 Å². The Balaban J connectivity index is 2.01. The van der Waals surface area contributed by atoms with Gasteiger partial charge in [0.05, 0.1) is 12.0 Å². The zero-order valence-electron chi connectivity index (χ0n) is 16.4. The van der Waals surface area contributed by atoms with Crippen molar-refractivity contribution in [1.29, 1.82) is 0 Å². The van der Waals surface area contributed by atoms with Gasteiger partial charge in [0.2, 0.25) is 10.0 Å². The van der Waals surface area contributed by atoms with Crippen molar-refractivity contribution in [3.8, 4) is 5.75 Å². The largest absolute Gasteiger partial charge is 0.497 e. The minimum Gasteiger partial charge on any atom is -0.497 e. The third kappa shape index (κ3) is 5.09. The second-order valence-electron chi connectivity index (χ2n) is 6.65. The summed E-state index contributed by atoms with van der Waals surface area (Å²) in [5.74, 6) is 0.611. The fourth-order valence-corrected chi connectivity index (χ4v) is 4.71. The zero-order valence-corrected chi connectivity index (χ0v) is 18.0. The van der Waals surface area contributed by atoms with E-state index < -0.39 is 10.0 Å². The molecule has 4 nitrogen and oxygen atoms in total. The van der Waals surface area contributed by atoms with Gasteiger partial charge in [-0.3, -0.25) is 0 Å². The first kappa shape index (κ1) is 21.2. The molecule has 0 atom stereocenters. The standard InChI is InChI=1S/C23H23NO3S2/c1-18(28)23-11-7-6-10-20(23)17-24(16-19-8-4-3-5-9-19)29(25,26)22-14-12-21(27-2)13-15-22/h3-15H,16-17H2,1-2H3. The van der Waals surface area contributed by atoms with Crippen molar-refractivity contribution in [1.82, 2.24) is 4.31 Å². The number of hydrogen-bond donors (Lipinski definition) is 0. The first-order valence-electron chi connectivity index (χ1n) is 9.19. The van der Waals surface area contributed by atoms with Gasteiger partial charge in [0.25, 0.3) is 0 Å². The van der Waals surface area contributed by atoms with Crippen LogP contribution in [0.3, 0.4) is 0 Å². The predicted molar refractivity (Wildman–Crippen MR) is 120 cm³/mol. The van der Waals surface area contributed by atoms with Crippen LogP contribution in [0.25, 0.3) is 0 Å². The Morgan fingerprint density at radius 2 is 1.52 bits per heavy atom. The molecule has 3 aromatic carbocycles. The summed E-state index contributed by atoms with van der Waals surface area (Å²) in [6.07, 6.45) is 0. The quantitative estimate of drug-likeness (QED) is 0.383. The van der Waals surface area contributed by atoms with E-state index in [2.05, 4.69) is 0 Å². The lowest BCUT2D eigenvalue weighted by Gasteiger charge is -2.24. The molecule has 0 spiro atoms. The van der Waals surface area contributed by atoms with Gasteiger partial charge in [-0.15, -0.1) is 0 Å². The van der Waals surface area contributed by atoms with Crippen molar-refractivity contribution in [3.63, 3.8) is 0 Å². The van der Waals surface area contributed by atoms with E-state index in [0.717, 1.165) is 21.6 Å². The number of methoxy groups -OCH3 is 1. The summed E-state index contributed by atoms with van der Waals surface area (Å²) in [7, 11) is -2.18. The van der Waals surface area contributed by atoms with E-state index in [9.17, 15) is 8.42 Å². The van der Waals surface area contributed by atoms with Gasteiger partial charge >= 0.3 is 0 Å². The normalized spacial score (nSPS) is 11.4. The smallest absolute Gasteiger partial charge is 0.243 e. The molecule has 3 aromatic rings. The molecule has 0 N–H and O–H groups in total. The number of sulfonamides is 1. The highest BCUT2D eigenvalue weighted by Gasteiger charge is 2.26. The molecule has 0 saturated carbocycles. The van der Waals surface area contributed by atoms with Crippen LogP contribution in [0.1, 0.15) is 23.6 Å². The van der Waals surface area contributed by atoms with Crippen LogP contribution in [0.2, 0.25) is 0 Å². The number of ether oxygens (including phenoxy) is 1. The van der Waals surface area contributed by atoms with Crippen molar-refractivity contribution >= 4 is 27.1 Å². The Kier molecular flexibility index (Phi) is 6.79. The number of benzene rings is 3. The Hall–Kier alpha value is -2.54. The predicted octanol–water partition coefficient (Wildman–Crippen LogP) is 4.82. The van der Waals surface area contributed by atoms with E-state index in [-0.39, 0.29) is 18.0 Å². The van der Waals surface area contributed by atoms with Gasteiger partial charge in [-0.1, -0.05) is 66.8 Å². The van der Waals surface area contributed by atoms with Crippen molar-refractivity contribution < 1.29 is 13.2 Å². The Morgan fingerprint density at radius 1 is 0.897 bits per heavy atom. The molecule has 0 saturated heterocycles. The lowest BCUT2D eigenvalue weighted by molar-refractivity contribution is 0.400. The highest BCUT2D eigenvalue weighted by atomic mass is 32.2. The van der Waals surface area contributed by atoms with Crippen molar-refractivity contribution in [2.45, 2.75) is 24.9 Å². The van der Waals surface area contributed by atoms with Crippen LogP contribution in [0.15, 0.2) is 83.8 Å². The van der Waals surface area contributed by atoms with Gasteiger partial charge in [0, 0.05) is 18.0 Å². The third-order valence-electron chi connectivity index (χ3n) is 4.64. The first-order valence-corrected chi connectivity index (χ1v) is 11.0. The molecule has 0 bridgehead atoms. The Morgan fingerprint density at radius 3 is 2.14 bits per heavy atom. The fourth-order valence-electron chi connectivity index (χ4n) is 3.10. The molecule has 0 aliphatic rings. The number of hydrogen-bond acceptors (Lipinski definition) is 4. The van der Waals surface area contributed by atoms with E-state index in [1.165, 1.54) is 4.31 Å². The van der Waals surface area contributed by atoms with Crippen LogP contribution in [0, 0.1) is 0 Å². The first-order chi connectivity index (χ1) is 13.9. The van der Waals surface area contributed by atoms with Crippen LogP contribution in [-0.4, -0.2) is 24.7 Å². The lowest BCUT2D eigenvalue weighted by Crippen LogP contribution is -2.30. The van der Waals surface area contributed by atoms with E-state index in [1.54, 1.807) is 31.4 Å². The van der Waals surface area contributed by atoms with Crippen molar-refractivity contribution in [2.75, 3.05) is 7.11 Å². The molecule has 150 valence electrons. The van der Waals surface area contributed by atoms with E-state index in [0.29, 0.717) is 5.75 Å². The van der Waals surface area contributed by atoms with E-state index in [1.807, 2.05) is 61.5 Å². The van der Waals surface area contributed by atoms with Gasteiger partial charge in [0.1, 0.15) is 5.75 Å². The maximum Gasteiger partial charge on any atom is 0.243 e. The maximum absolute atomic E-state index is 13.5. The van der Waals surface area contributed by atoms with Gasteiger partial charge in [-0.2, -0.15) is 4.31 Å². The number of thiocarbonyl (C=S) groups is 1. The highest BCUT2D eigenvalue weighted by Crippen LogP contribution is 2.24. The molecule has 3 rings (SSSR count). The molecule has 0 unspecified atom stereocenters. The molecule has 0 fully saturated rings. The second-order valence-corrected chi connectivity index (χ2v) is 9.20. The van der Waals surface area contributed by atoms with Crippen LogP contribution in [0.5, 0.6) is 5.75 Å². The van der Waals surface area contributed by atoms with E-state index in [4.69, 9.17) is 17.0 Å². The molecule has 0 radical (unpaired) electrons. The molecular weight excluding hydrogens is 402 g/mol. The summed E-state index contributed by atoms with van der Waals surface area (Å²) < 4.78 is 33.6. The minimum atomic E-state index is -3.73. The maximum atomic E-state index is 13.5. The third-order valence-corrected chi connectivity index (χ3v) is 6.67. The van der Waals surface area contributed by atoms with E-state index >= 15 is 0 Å². The van der Waals surface area contributed by atoms with Crippen LogP contribution >= 0.6 is 12.2 Å². The summed E-state index contributed by atoms with van der Waals surface area (Å²) in [6, 6.07) is 23.7. The number of rotatable bonds is 8. The monoisotopic (exact) mass is 425 g/mol. The SMILES string of the molecule is COc1ccc(S(=O)(=O)N(Cc2ccccc2)Cc2ccccc2C(C)=S)cc1. The summed E-state index contributed by atoms with van der Waals surface area (Å²) in [5, 5.41) is 0.